The van der Waals surface area contributed by atoms with Gasteiger partial charge in [-0.1, -0.05) is 60.7 Å². The summed E-state index contributed by atoms with van der Waals surface area (Å²) in [4.78, 5) is 39.3. The third-order valence-electron chi connectivity index (χ3n) is 5.38. The van der Waals surface area contributed by atoms with Gasteiger partial charge in [-0.25, -0.2) is 4.68 Å². The molecule has 172 valence electrons. The van der Waals surface area contributed by atoms with Crippen molar-refractivity contribution in [3.63, 3.8) is 0 Å². The van der Waals surface area contributed by atoms with Crippen LogP contribution < -0.4 is 16.2 Å². The molecular formula is C27H20N4O3S. The van der Waals surface area contributed by atoms with E-state index in [1.807, 2.05) is 41.8 Å². The molecule has 0 fully saturated rings. The van der Waals surface area contributed by atoms with Gasteiger partial charge in [0.05, 0.1) is 16.8 Å². The number of carbonyl (C=O) groups excluding carboxylic acids is 2. The first-order chi connectivity index (χ1) is 17.1. The molecule has 0 bridgehead atoms. The first-order valence-electron chi connectivity index (χ1n) is 10.9. The molecule has 0 aliphatic heterocycles. The van der Waals surface area contributed by atoms with Crippen LogP contribution in [0.25, 0.3) is 10.8 Å². The highest BCUT2D eigenvalue weighted by Gasteiger charge is 2.17. The second-order valence-electron chi connectivity index (χ2n) is 7.81. The lowest BCUT2D eigenvalue weighted by Crippen LogP contribution is -2.28. The van der Waals surface area contributed by atoms with E-state index in [2.05, 4.69) is 15.7 Å². The Morgan fingerprint density at radius 3 is 2.17 bits per heavy atom. The Morgan fingerprint density at radius 1 is 0.771 bits per heavy atom. The van der Waals surface area contributed by atoms with Gasteiger partial charge < -0.3 is 10.6 Å². The molecule has 0 saturated heterocycles. The quantitative estimate of drug-likeness (QED) is 0.357. The van der Waals surface area contributed by atoms with Gasteiger partial charge in [0.1, 0.15) is 0 Å². The third-order valence-corrected chi connectivity index (χ3v) is 6.25. The molecule has 2 N–H and O–H groups in total. The summed E-state index contributed by atoms with van der Waals surface area (Å²) in [5.41, 5.74) is 1.82. The minimum absolute atomic E-state index is 0.143. The van der Waals surface area contributed by atoms with Crippen molar-refractivity contribution >= 4 is 45.3 Å². The predicted molar refractivity (Wildman–Crippen MR) is 138 cm³/mol. The molecule has 0 unspecified atom stereocenters. The molecule has 0 saturated carbocycles. The molecule has 8 heteroatoms. The largest absolute Gasteiger partial charge is 0.321 e. The summed E-state index contributed by atoms with van der Waals surface area (Å²) >= 11 is 1.35. The summed E-state index contributed by atoms with van der Waals surface area (Å²) in [5.74, 6) is -0.672. The van der Waals surface area contributed by atoms with Crippen LogP contribution in [-0.4, -0.2) is 21.6 Å². The summed E-state index contributed by atoms with van der Waals surface area (Å²) in [5, 5.41) is 12.8. The molecule has 0 aliphatic carbocycles. The maximum absolute atomic E-state index is 13.3. The molecule has 2 amide bonds. The topological polar surface area (TPSA) is 93.1 Å². The number of rotatable bonds is 6. The highest BCUT2D eigenvalue weighted by molar-refractivity contribution is 7.12. The van der Waals surface area contributed by atoms with Gasteiger partial charge in [0.25, 0.3) is 17.4 Å². The van der Waals surface area contributed by atoms with Crippen molar-refractivity contribution < 1.29 is 9.59 Å². The van der Waals surface area contributed by atoms with E-state index in [0.717, 1.165) is 5.56 Å². The number of nitrogens with one attached hydrogen (secondary N) is 2. The van der Waals surface area contributed by atoms with Crippen molar-refractivity contribution in [1.29, 1.82) is 0 Å². The van der Waals surface area contributed by atoms with E-state index in [-0.39, 0.29) is 23.7 Å². The van der Waals surface area contributed by atoms with Crippen molar-refractivity contribution in [3.8, 4) is 0 Å². The smallest absolute Gasteiger partial charge is 0.276 e. The van der Waals surface area contributed by atoms with Gasteiger partial charge in [-0.3, -0.25) is 14.4 Å². The average molecular weight is 481 g/mol. The minimum Gasteiger partial charge on any atom is -0.321 e. The van der Waals surface area contributed by atoms with Gasteiger partial charge >= 0.3 is 0 Å². The normalized spacial score (nSPS) is 10.7. The number of hydrogen-bond acceptors (Lipinski definition) is 5. The summed E-state index contributed by atoms with van der Waals surface area (Å²) in [6.45, 7) is 0.245. The summed E-state index contributed by atoms with van der Waals surface area (Å²) < 4.78 is 1.31. The standard InChI is InChI=1S/C27H20N4O3S/c32-25(23-14-7-15-35-23)28-19-10-6-11-20(16-19)29-26(33)24-21-12-4-5-13-22(21)27(34)31(30-24)17-18-8-2-1-3-9-18/h1-16H,17H2,(H,28,32)(H,29,33). The second kappa shape index (κ2) is 9.74. The van der Waals surface area contributed by atoms with Crippen molar-refractivity contribution in [3.05, 3.63) is 123 Å². The minimum atomic E-state index is -0.454. The number of nitrogens with zero attached hydrogens (tertiary/aromatic N) is 2. The fourth-order valence-electron chi connectivity index (χ4n) is 3.73. The van der Waals surface area contributed by atoms with E-state index >= 15 is 0 Å². The van der Waals surface area contributed by atoms with E-state index in [9.17, 15) is 14.4 Å². The van der Waals surface area contributed by atoms with Crippen molar-refractivity contribution in [2.24, 2.45) is 0 Å². The molecule has 3 aromatic carbocycles. The molecule has 35 heavy (non-hydrogen) atoms. The molecule has 0 spiro atoms. The fraction of sp³-hybridized carbons (Fsp3) is 0.0370. The predicted octanol–water partition coefficient (Wildman–Crippen LogP) is 5.01. The molecular weight excluding hydrogens is 460 g/mol. The Balaban J connectivity index is 1.44. The van der Waals surface area contributed by atoms with Crippen molar-refractivity contribution in [1.82, 2.24) is 9.78 Å². The van der Waals surface area contributed by atoms with Crippen LogP contribution in [0.15, 0.2) is 101 Å². The first-order valence-corrected chi connectivity index (χ1v) is 11.8. The number of fused-ring (bicyclic) bond motifs is 1. The number of aromatic nitrogens is 2. The van der Waals surface area contributed by atoms with Gasteiger partial charge in [-0.15, -0.1) is 11.3 Å². The summed E-state index contributed by atoms with van der Waals surface area (Å²) in [6.07, 6.45) is 0. The van der Waals surface area contributed by atoms with Gasteiger partial charge in [0.15, 0.2) is 5.69 Å². The first kappa shape index (κ1) is 22.2. The molecule has 0 atom stereocenters. The number of thiophene rings is 1. The van der Waals surface area contributed by atoms with Gasteiger partial charge in [0, 0.05) is 16.8 Å². The number of amides is 2. The lowest BCUT2D eigenvalue weighted by molar-refractivity contribution is 0.101. The average Bonchev–Trinajstić information content (AvgIpc) is 3.42. The highest BCUT2D eigenvalue weighted by atomic mass is 32.1. The maximum Gasteiger partial charge on any atom is 0.276 e. The SMILES string of the molecule is O=C(Nc1cccc(NC(=O)c2nn(Cc3ccccc3)c(=O)c3ccccc23)c1)c1cccs1. The van der Waals surface area contributed by atoms with Crippen molar-refractivity contribution in [2.75, 3.05) is 10.6 Å². The van der Waals surface area contributed by atoms with E-state index in [0.29, 0.717) is 27.0 Å². The number of benzene rings is 3. The lowest BCUT2D eigenvalue weighted by Gasteiger charge is -2.12. The number of anilines is 2. The zero-order chi connectivity index (χ0) is 24.2. The Hall–Kier alpha value is -4.56. The van der Waals surface area contributed by atoms with E-state index in [4.69, 9.17) is 0 Å². The van der Waals surface area contributed by atoms with Crippen LogP contribution in [0.2, 0.25) is 0 Å². The number of hydrogen-bond donors (Lipinski definition) is 2. The molecule has 0 aliphatic rings. The van der Waals surface area contributed by atoms with Crippen molar-refractivity contribution in [2.45, 2.75) is 6.54 Å². The van der Waals surface area contributed by atoms with Gasteiger partial charge in [-0.2, -0.15) is 5.10 Å². The van der Waals surface area contributed by atoms with Gasteiger partial charge in [-0.05, 0) is 41.3 Å². The van der Waals surface area contributed by atoms with E-state index < -0.39 is 5.91 Å². The van der Waals surface area contributed by atoms with E-state index in [1.165, 1.54) is 16.0 Å². The van der Waals surface area contributed by atoms with Crippen LogP contribution in [0.4, 0.5) is 11.4 Å². The van der Waals surface area contributed by atoms with Crippen LogP contribution in [0.3, 0.4) is 0 Å². The van der Waals surface area contributed by atoms with Gasteiger partial charge in [0.2, 0.25) is 0 Å². The van der Waals surface area contributed by atoms with Crippen LogP contribution >= 0.6 is 11.3 Å². The molecule has 2 aromatic heterocycles. The second-order valence-corrected chi connectivity index (χ2v) is 8.76. The summed E-state index contributed by atoms with van der Waals surface area (Å²) in [6, 6.07) is 26.8. The number of carbonyl (C=O) groups is 2. The Bertz CT molecular complexity index is 1580. The van der Waals surface area contributed by atoms with Crippen LogP contribution in [-0.2, 0) is 6.54 Å². The fourth-order valence-corrected chi connectivity index (χ4v) is 4.35. The zero-order valence-electron chi connectivity index (χ0n) is 18.5. The lowest BCUT2D eigenvalue weighted by atomic mass is 10.1. The van der Waals surface area contributed by atoms with Crippen LogP contribution in [0.5, 0.6) is 0 Å². The van der Waals surface area contributed by atoms with Crippen LogP contribution in [0, 0.1) is 0 Å². The Morgan fingerprint density at radius 2 is 1.46 bits per heavy atom. The summed E-state index contributed by atoms with van der Waals surface area (Å²) in [7, 11) is 0. The zero-order valence-corrected chi connectivity index (χ0v) is 19.3. The van der Waals surface area contributed by atoms with Crippen LogP contribution in [0.1, 0.15) is 25.7 Å². The molecule has 0 radical (unpaired) electrons. The Labute approximate surface area is 204 Å². The molecule has 7 nitrogen and oxygen atoms in total. The third kappa shape index (κ3) is 4.87. The monoisotopic (exact) mass is 480 g/mol. The molecule has 5 rings (SSSR count). The molecule has 2 heterocycles. The van der Waals surface area contributed by atoms with E-state index in [1.54, 1.807) is 54.6 Å². The molecule has 5 aromatic rings. The Kier molecular flexibility index (Phi) is 6.19. The highest BCUT2D eigenvalue weighted by Crippen LogP contribution is 2.20. The maximum atomic E-state index is 13.3.